The van der Waals surface area contributed by atoms with E-state index in [9.17, 15) is 0 Å². The second kappa shape index (κ2) is 6.04. The summed E-state index contributed by atoms with van der Waals surface area (Å²) in [5.41, 5.74) is 2.02. The van der Waals surface area contributed by atoms with Crippen LogP contribution in [0.5, 0.6) is 5.75 Å². The molecule has 2 aromatic rings. The summed E-state index contributed by atoms with van der Waals surface area (Å²) in [6.45, 7) is 2.91. The zero-order valence-electron chi connectivity index (χ0n) is 10.0. The maximum absolute atomic E-state index is 5.78. The van der Waals surface area contributed by atoms with Gasteiger partial charge in [-0.3, -0.25) is 4.98 Å². The second-order valence-electron chi connectivity index (χ2n) is 3.86. The van der Waals surface area contributed by atoms with Crippen LogP contribution >= 0.6 is 0 Å². The molecule has 2 rings (SSSR count). The molecule has 2 nitrogen and oxygen atoms in total. The number of unbranched alkanes of at least 4 members (excludes halogenated alkanes) is 1. The summed E-state index contributed by atoms with van der Waals surface area (Å²) >= 11 is 0. The van der Waals surface area contributed by atoms with Crippen molar-refractivity contribution in [2.45, 2.75) is 19.8 Å². The summed E-state index contributed by atoms with van der Waals surface area (Å²) in [5, 5.41) is 0. The third kappa shape index (κ3) is 3.06. The van der Waals surface area contributed by atoms with Crippen LogP contribution in [0.1, 0.15) is 19.8 Å². The molecule has 0 atom stereocenters. The van der Waals surface area contributed by atoms with Gasteiger partial charge in [0.05, 0.1) is 12.8 Å². The van der Waals surface area contributed by atoms with Gasteiger partial charge in [-0.25, -0.2) is 0 Å². The van der Waals surface area contributed by atoms with Crippen LogP contribution in [-0.4, -0.2) is 11.6 Å². The number of ether oxygens (including phenoxy) is 1. The summed E-state index contributed by atoms with van der Waals surface area (Å²) in [5.74, 6) is 0.908. The van der Waals surface area contributed by atoms with E-state index in [4.69, 9.17) is 4.74 Å². The first-order chi connectivity index (χ1) is 8.42. The first-order valence-electron chi connectivity index (χ1n) is 5.96. The SMILES string of the molecule is CCCCOc1ccccc1-c1[c]nccc1. The number of nitrogens with zero attached hydrogens (tertiary/aromatic N) is 1. The minimum absolute atomic E-state index is 0.758. The van der Waals surface area contributed by atoms with Crippen LogP contribution in [0, 0.1) is 6.20 Å². The van der Waals surface area contributed by atoms with Gasteiger partial charge in [0, 0.05) is 17.3 Å². The van der Waals surface area contributed by atoms with Crippen molar-refractivity contribution in [1.29, 1.82) is 0 Å². The van der Waals surface area contributed by atoms with Crippen LogP contribution in [0.4, 0.5) is 0 Å². The van der Waals surface area contributed by atoms with Gasteiger partial charge in [0.15, 0.2) is 0 Å². The number of hydrogen-bond donors (Lipinski definition) is 0. The summed E-state index contributed by atoms with van der Waals surface area (Å²) in [7, 11) is 0. The quantitative estimate of drug-likeness (QED) is 0.725. The van der Waals surface area contributed by atoms with Gasteiger partial charge < -0.3 is 4.74 Å². The third-order valence-electron chi connectivity index (χ3n) is 2.54. The van der Waals surface area contributed by atoms with E-state index in [1.54, 1.807) is 6.20 Å². The van der Waals surface area contributed by atoms with E-state index >= 15 is 0 Å². The zero-order chi connectivity index (χ0) is 11.9. The molecule has 0 unspecified atom stereocenters. The average molecular weight is 226 g/mol. The highest BCUT2D eigenvalue weighted by Gasteiger charge is 2.05. The Balaban J connectivity index is 2.22. The molecule has 0 aliphatic heterocycles. The number of para-hydroxylation sites is 1. The van der Waals surface area contributed by atoms with Crippen molar-refractivity contribution in [2.24, 2.45) is 0 Å². The molecule has 17 heavy (non-hydrogen) atoms. The third-order valence-corrected chi connectivity index (χ3v) is 2.54. The molecule has 1 aromatic heterocycles. The van der Waals surface area contributed by atoms with E-state index in [1.165, 1.54) is 0 Å². The highest BCUT2D eigenvalue weighted by Crippen LogP contribution is 2.28. The van der Waals surface area contributed by atoms with Gasteiger partial charge in [-0.1, -0.05) is 37.6 Å². The van der Waals surface area contributed by atoms with Crippen molar-refractivity contribution in [3.8, 4) is 16.9 Å². The second-order valence-corrected chi connectivity index (χ2v) is 3.86. The Kier molecular flexibility index (Phi) is 4.14. The molecule has 0 saturated heterocycles. The number of rotatable bonds is 5. The Morgan fingerprint density at radius 3 is 2.82 bits per heavy atom. The van der Waals surface area contributed by atoms with Crippen molar-refractivity contribution >= 4 is 0 Å². The van der Waals surface area contributed by atoms with Crippen molar-refractivity contribution in [1.82, 2.24) is 4.98 Å². The van der Waals surface area contributed by atoms with Crippen LogP contribution in [-0.2, 0) is 0 Å². The van der Waals surface area contributed by atoms with Gasteiger partial charge in [-0.05, 0) is 18.6 Å². The number of hydrogen-bond acceptors (Lipinski definition) is 2. The Hall–Kier alpha value is -1.83. The van der Waals surface area contributed by atoms with Crippen LogP contribution in [0.3, 0.4) is 0 Å². The topological polar surface area (TPSA) is 22.1 Å². The van der Waals surface area contributed by atoms with Crippen molar-refractivity contribution in [2.75, 3.05) is 6.61 Å². The molecule has 87 valence electrons. The van der Waals surface area contributed by atoms with E-state index < -0.39 is 0 Å². The van der Waals surface area contributed by atoms with Gasteiger partial charge >= 0.3 is 0 Å². The average Bonchev–Trinajstić information content (AvgIpc) is 2.41. The van der Waals surface area contributed by atoms with Crippen LogP contribution < -0.4 is 4.74 Å². The van der Waals surface area contributed by atoms with E-state index in [2.05, 4.69) is 18.1 Å². The van der Waals surface area contributed by atoms with Crippen LogP contribution in [0.15, 0.2) is 42.6 Å². The molecule has 1 radical (unpaired) electrons. The van der Waals surface area contributed by atoms with Crippen molar-refractivity contribution in [3.63, 3.8) is 0 Å². The largest absolute Gasteiger partial charge is 0.493 e. The predicted octanol–water partition coefficient (Wildman–Crippen LogP) is 3.73. The molecular weight excluding hydrogens is 210 g/mol. The molecule has 1 aromatic carbocycles. The lowest BCUT2D eigenvalue weighted by molar-refractivity contribution is 0.310. The smallest absolute Gasteiger partial charge is 0.127 e. The monoisotopic (exact) mass is 226 g/mol. The fraction of sp³-hybridized carbons (Fsp3) is 0.267. The molecule has 0 bridgehead atoms. The fourth-order valence-electron chi connectivity index (χ4n) is 1.62. The molecule has 0 N–H and O–H groups in total. The van der Waals surface area contributed by atoms with Crippen molar-refractivity contribution in [3.05, 3.63) is 48.8 Å². The standard InChI is InChI=1S/C15H16NO/c1-2-3-11-17-15-9-5-4-8-14(15)13-7-6-10-16-12-13/h4-10H,2-3,11H2,1H3. The maximum Gasteiger partial charge on any atom is 0.127 e. The molecule has 1 heterocycles. The first kappa shape index (κ1) is 11.6. The number of pyridine rings is 1. The maximum atomic E-state index is 5.78. The molecule has 0 aliphatic rings. The summed E-state index contributed by atoms with van der Waals surface area (Å²) < 4.78 is 5.78. The molecular formula is C15H16NO. The molecule has 2 heteroatoms. The predicted molar refractivity (Wildman–Crippen MR) is 68.9 cm³/mol. The Bertz CT molecular complexity index is 453. The van der Waals surface area contributed by atoms with Crippen molar-refractivity contribution < 1.29 is 4.74 Å². The minimum Gasteiger partial charge on any atom is -0.493 e. The van der Waals surface area contributed by atoms with E-state index in [0.29, 0.717) is 0 Å². The number of aromatic nitrogens is 1. The zero-order valence-corrected chi connectivity index (χ0v) is 10.0. The van der Waals surface area contributed by atoms with Gasteiger partial charge in [0.2, 0.25) is 0 Å². The van der Waals surface area contributed by atoms with Gasteiger partial charge in [0.1, 0.15) is 5.75 Å². The molecule has 0 amide bonds. The fourth-order valence-corrected chi connectivity index (χ4v) is 1.62. The lowest BCUT2D eigenvalue weighted by atomic mass is 10.1. The molecule has 0 fully saturated rings. The normalized spacial score (nSPS) is 10.2. The highest BCUT2D eigenvalue weighted by atomic mass is 16.5. The molecule has 0 aliphatic carbocycles. The van der Waals surface area contributed by atoms with Gasteiger partial charge in [-0.15, -0.1) is 0 Å². The summed E-state index contributed by atoms with van der Waals surface area (Å²) in [4.78, 5) is 4.02. The first-order valence-corrected chi connectivity index (χ1v) is 5.96. The minimum atomic E-state index is 0.758. The van der Waals surface area contributed by atoms with Gasteiger partial charge in [-0.2, -0.15) is 0 Å². The Labute approximate surface area is 102 Å². The van der Waals surface area contributed by atoms with E-state index in [0.717, 1.165) is 36.3 Å². The van der Waals surface area contributed by atoms with Crippen LogP contribution in [0.25, 0.3) is 11.1 Å². The molecule has 0 saturated carbocycles. The Morgan fingerprint density at radius 2 is 2.06 bits per heavy atom. The van der Waals surface area contributed by atoms with E-state index in [1.807, 2.05) is 36.4 Å². The Morgan fingerprint density at radius 1 is 1.18 bits per heavy atom. The van der Waals surface area contributed by atoms with E-state index in [-0.39, 0.29) is 0 Å². The summed E-state index contributed by atoms with van der Waals surface area (Å²) in [6.07, 6.45) is 6.93. The highest BCUT2D eigenvalue weighted by molar-refractivity contribution is 5.68. The number of benzene rings is 1. The van der Waals surface area contributed by atoms with Crippen LogP contribution in [0.2, 0.25) is 0 Å². The van der Waals surface area contributed by atoms with Gasteiger partial charge in [0.25, 0.3) is 0 Å². The lowest BCUT2D eigenvalue weighted by Crippen LogP contribution is -1.98. The lowest BCUT2D eigenvalue weighted by Gasteiger charge is -2.10. The summed E-state index contributed by atoms with van der Waals surface area (Å²) in [6, 6.07) is 11.9. The molecule has 0 spiro atoms.